The van der Waals surface area contributed by atoms with Gasteiger partial charge in [-0.2, -0.15) is 0 Å². The van der Waals surface area contributed by atoms with Gasteiger partial charge in [-0.3, -0.25) is 0 Å². The van der Waals surface area contributed by atoms with E-state index in [4.69, 9.17) is 10.5 Å². The van der Waals surface area contributed by atoms with Crippen LogP contribution in [0.15, 0.2) is 36.5 Å². The van der Waals surface area contributed by atoms with Crippen LogP contribution in [0.25, 0.3) is 0 Å². The summed E-state index contributed by atoms with van der Waals surface area (Å²) in [4.78, 5) is 4.29. The Labute approximate surface area is 113 Å². The van der Waals surface area contributed by atoms with Crippen molar-refractivity contribution in [2.24, 2.45) is 5.73 Å². The van der Waals surface area contributed by atoms with Gasteiger partial charge < -0.3 is 10.5 Å². The van der Waals surface area contributed by atoms with Crippen molar-refractivity contribution in [1.29, 1.82) is 0 Å². The molecule has 2 aromatic rings. The lowest BCUT2D eigenvalue weighted by molar-refractivity contribution is 0.461. The van der Waals surface area contributed by atoms with E-state index in [2.05, 4.69) is 17.1 Å². The third-order valence-electron chi connectivity index (χ3n) is 3.58. The highest BCUT2D eigenvalue weighted by atomic mass is 16.5. The topological polar surface area (TPSA) is 48.1 Å². The number of nitrogens with two attached hydrogens (primary N) is 1. The number of aromatic nitrogens is 1. The van der Waals surface area contributed by atoms with Gasteiger partial charge in [0, 0.05) is 18.3 Å². The maximum Gasteiger partial charge on any atom is 0.219 e. The van der Waals surface area contributed by atoms with E-state index in [0.717, 1.165) is 17.7 Å². The Hall–Kier alpha value is -1.87. The number of nitrogens with zero attached hydrogens (tertiary/aromatic N) is 1. The Morgan fingerprint density at radius 3 is 2.74 bits per heavy atom. The van der Waals surface area contributed by atoms with Crippen molar-refractivity contribution >= 4 is 0 Å². The summed E-state index contributed by atoms with van der Waals surface area (Å²) >= 11 is 0. The Morgan fingerprint density at radius 1 is 1.16 bits per heavy atom. The first-order valence-corrected chi connectivity index (χ1v) is 6.73. The first-order chi connectivity index (χ1) is 9.22. The minimum Gasteiger partial charge on any atom is -0.439 e. The minimum absolute atomic E-state index is 0.00143. The molecule has 3 nitrogen and oxygen atoms in total. The summed E-state index contributed by atoms with van der Waals surface area (Å²) < 4.78 is 5.79. The third kappa shape index (κ3) is 2.61. The molecule has 2 N–H and O–H groups in total. The number of pyridine rings is 1. The average molecular weight is 254 g/mol. The van der Waals surface area contributed by atoms with E-state index in [-0.39, 0.29) is 6.04 Å². The minimum atomic E-state index is 0.00143. The van der Waals surface area contributed by atoms with Gasteiger partial charge in [0.25, 0.3) is 0 Å². The van der Waals surface area contributed by atoms with E-state index in [1.165, 1.54) is 24.0 Å². The fourth-order valence-electron chi connectivity index (χ4n) is 2.45. The number of ether oxygens (including phenoxy) is 1. The second-order valence-electron chi connectivity index (χ2n) is 5.10. The summed E-state index contributed by atoms with van der Waals surface area (Å²) in [6.45, 7) is 1.94. The average Bonchev–Trinajstić information content (AvgIpc) is 2.87. The van der Waals surface area contributed by atoms with Gasteiger partial charge in [0.05, 0.1) is 0 Å². The van der Waals surface area contributed by atoms with Gasteiger partial charge in [-0.15, -0.1) is 0 Å². The van der Waals surface area contributed by atoms with Crippen molar-refractivity contribution in [2.45, 2.75) is 32.2 Å². The molecule has 1 aliphatic rings. The number of hydrogen-bond acceptors (Lipinski definition) is 3. The van der Waals surface area contributed by atoms with Crippen LogP contribution in [0.2, 0.25) is 0 Å². The molecule has 1 aromatic heterocycles. The van der Waals surface area contributed by atoms with Crippen LogP contribution < -0.4 is 10.5 Å². The molecule has 1 aromatic carbocycles. The molecule has 0 aliphatic heterocycles. The molecular formula is C16H18N2O. The molecule has 3 heteroatoms. The Morgan fingerprint density at radius 2 is 2.00 bits per heavy atom. The van der Waals surface area contributed by atoms with Gasteiger partial charge in [0.15, 0.2) is 0 Å². The van der Waals surface area contributed by atoms with Crippen molar-refractivity contribution in [1.82, 2.24) is 4.98 Å². The molecule has 1 heterocycles. The first kappa shape index (κ1) is 12.2. The monoisotopic (exact) mass is 254 g/mol. The van der Waals surface area contributed by atoms with Crippen molar-refractivity contribution in [3.05, 3.63) is 53.2 Å². The fraction of sp³-hybridized carbons (Fsp3) is 0.312. The molecule has 0 saturated heterocycles. The van der Waals surface area contributed by atoms with E-state index in [1.807, 2.05) is 25.1 Å². The lowest BCUT2D eigenvalue weighted by Crippen LogP contribution is -2.05. The molecule has 0 bridgehead atoms. The van der Waals surface area contributed by atoms with Crippen LogP contribution in [0, 0.1) is 0 Å². The maximum absolute atomic E-state index is 5.80. The SMILES string of the molecule is CC(N)c1ccc(Oc2ccc3c(c2)CCC3)nc1. The number of benzene rings is 1. The largest absolute Gasteiger partial charge is 0.439 e. The molecule has 1 unspecified atom stereocenters. The summed E-state index contributed by atoms with van der Waals surface area (Å²) in [7, 11) is 0. The van der Waals surface area contributed by atoms with Crippen LogP contribution in [-0.4, -0.2) is 4.98 Å². The van der Waals surface area contributed by atoms with Gasteiger partial charge in [-0.25, -0.2) is 4.98 Å². The van der Waals surface area contributed by atoms with E-state index in [9.17, 15) is 0 Å². The Kier molecular flexibility index (Phi) is 3.22. The summed E-state index contributed by atoms with van der Waals surface area (Å²) in [5.74, 6) is 1.48. The zero-order valence-electron chi connectivity index (χ0n) is 11.1. The van der Waals surface area contributed by atoms with E-state index < -0.39 is 0 Å². The number of rotatable bonds is 3. The molecule has 0 radical (unpaired) electrons. The Balaban J connectivity index is 1.77. The van der Waals surface area contributed by atoms with Crippen LogP contribution in [-0.2, 0) is 12.8 Å². The first-order valence-electron chi connectivity index (χ1n) is 6.73. The zero-order valence-corrected chi connectivity index (χ0v) is 11.1. The molecule has 98 valence electrons. The molecule has 3 rings (SSSR count). The highest BCUT2D eigenvalue weighted by Crippen LogP contribution is 2.28. The predicted molar refractivity (Wildman–Crippen MR) is 75.4 cm³/mol. The smallest absolute Gasteiger partial charge is 0.219 e. The summed E-state index contributed by atoms with van der Waals surface area (Å²) in [6.07, 6.45) is 5.37. The quantitative estimate of drug-likeness (QED) is 0.913. The van der Waals surface area contributed by atoms with Gasteiger partial charge in [0.2, 0.25) is 5.88 Å². The zero-order chi connectivity index (χ0) is 13.2. The van der Waals surface area contributed by atoms with Crippen molar-refractivity contribution in [2.75, 3.05) is 0 Å². The Bertz CT molecular complexity index is 576. The summed E-state index contributed by atoms with van der Waals surface area (Å²) in [5.41, 5.74) is 9.67. The molecule has 19 heavy (non-hydrogen) atoms. The van der Waals surface area contributed by atoms with Crippen molar-refractivity contribution in [3.8, 4) is 11.6 Å². The van der Waals surface area contributed by atoms with Crippen LogP contribution in [0.4, 0.5) is 0 Å². The van der Waals surface area contributed by atoms with Crippen LogP contribution in [0.1, 0.15) is 36.1 Å². The van der Waals surface area contributed by atoms with Gasteiger partial charge >= 0.3 is 0 Å². The van der Waals surface area contributed by atoms with Crippen LogP contribution >= 0.6 is 0 Å². The maximum atomic E-state index is 5.80. The molecule has 0 amide bonds. The standard InChI is InChI=1S/C16H18N2O/c1-11(17)14-6-8-16(18-10-14)19-15-7-5-12-3-2-4-13(12)9-15/h5-11H,2-4,17H2,1H3. The summed E-state index contributed by atoms with van der Waals surface area (Å²) in [5, 5.41) is 0. The van der Waals surface area contributed by atoms with Gasteiger partial charge in [0.1, 0.15) is 5.75 Å². The molecule has 1 atom stereocenters. The normalized spacial score (nSPS) is 15.1. The number of fused-ring (bicyclic) bond motifs is 1. The van der Waals surface area contributed by atoms with E-state index >= 15 is 0 Å². The molecule has 0 saturated carbocycles. The summed E-state index contributed by atoms with van der Waals surface area (Å²) in [6, 6.07) is 10.1. The lowest BCUT2D eigenvalue weighted by atomic mass is 10.1. The lowest BCUT2D eigenvalue weighted by Gasteiger charge is -2.08. The van der Waals surface area contributed by atoms with E-state index in [0.29, 0.717) is 5.88 Å². The van der Waals surface area contributed by atoms with Gasteiger partial charge in [-0.1, -0.05) is 12.1 Å². The molecular weight excluding hydrogens is 236 g/mol. The second kappa shape index (κ2) is 5.02. The number of aryl methyl sites for hydroxylation is 2. The van der Waals surface area contributed by atoms with Crippen LogP contribution in [0.3, 0.4) is 0 Å². The van der Waals surface area contributed by atoms with Crippen LogP contribution in [0.5, 0.6) is 11.6 Å². The molecule has 0 spiro atoms. The third-order valence-corrected chi connectivity index (χ3v) is 3.58. The van der Waals surface area contributed by atoms with E-state index in [1.54, 1.807) is 6.20 Å². The van der Waals surface area contributed by atoms with Crippen molar-refractivity contribution in [3.63, 3.8) is 0 Å². The highest BCUT2D eigenvalue weighted by molar-refractivity contribution is 5.39. The fourth-order valence-corrected chi connectivity index (χ4v) is 2.45. The number of hydrogen-bond donors (Lipinski definition) is 1. The predicted octanol–water partition coefficient (Wildman–Crippen LogP) is 3.38. The highest BCUT2D eigenvalue weighted by Gasteiger charge is 2.11. The molecule has 1 aliphatic carbocycles. The second-order valence-corrected chi connectivity index (χ2v) is 5.10. The van der Waals surface area contributed by atoms with Gasteiger partial charge in [-0.05, 0) is 55.0 Å². The van der Waals surface area contributed by atoms with Crippen molar-refractivity contribution < 1.29 is 4.74 Å². The molecule has 0 fully saturated rings.